The predicted octanol–water partition coefficient (Wildman–Crippen LogP) is -0.304. The Kier molecular flexibility index (Phi) is 6.99. The summed E-state index contributed by atoms with van der Waals surface area (Å²) in [7, 11) is 1.65. The number of methoxy groups -OCH3 is 1. The highest BCUT2D eigenvalue weighted by atomic mass is 16.5. The molecule has 5 heteroatoms. The van der Waals surface area contributed by atoms with Gasteiger partial charge in [-0.1, -0.05) is 0 Å². The Morgan fingerprint density at radius 1 is 1.41 bits per heavy atom. The van der Waals surface area contributed by atoms with Crippen molar-refractivity contribution in [3.8, 4) is 0 Å². The van der Waals surface area contributed by atoms with E-state index in [4.69, 9.17) is 9.47 Å². The Morgan fingerprint density at radius 3 is 2.76 bits per heavy atom. The highest BCUT2D eigenvalue weighted by Crippen LogP contribution is 2.07. The van der Waals surface area contributed by atoms with Crippen LogP contribution in [0.15, 0.2) is 0 Å². The van der Waals surface area contributed by atoms with E-state index in [1.54, 1.807) is 7.11 Å². The van der Waals surface area contributed by atoms with Crippen molar-refractivity contribution in [2.45, 2.75) is 18.9 Å². The minimum absolute atomic E-state index is 0.595. The van der Waals surface area contributed by atoms with Gasteiger partial charge in [0.1, 0.15) is 0 Å². The molecule has 0 spiro atoms. The third-order valence-corrected chi connectivity index (χ3v) is 3.06. The minimum atomic E-state index is -0.680. The summed E-state index contributed by atoms with van der Waals surface area (Å²) in [5.41, 5.74) is -0.680. The smallest absolute Gasteiger partial charge is 0.0765 e. The lowest BCUT2D eigenvalue weighted by molar-refractivity contribution is 0.0211. The second kappa shape index (κ2) is 8.00. The van der Waals surface area contributed by atoms with Crippen molar-refractivity contribution >= 4 is 0 Å². The highest BCUT2D eigenvalue weighted by molar-refractivity contribution is 4.75. The van der Waals surface area contributed by atoms with Crippen molar-refractivity contribution in [3.05, 3.63) is 0 Å². The number of morpholine rings is 1. The summed E-state index contributed by atoms with van der Waals surface area (Å²) < 4.78 is 10.3. The molecular formula is C12H26N2O3. The lowest BCUT2D eigenvalue weighted by Crippen LogP contribution is -2.44. The van der Waals surface area contributed by atoms with E-state index in [1.807, 2.05) is 6.92 Å². The first kappa shape index (κ1) is 14.9. The second-order valence-electron chi connectivity index (χ2n) is 4.87. The normalized spacial score (nSPS) is 21.4. The van der Waals surface area contributed by atoms with E-state index in [1.165, 1.54) is 0 Å². The van der Waals surface area contributed by atoms with Crippen LogP contribution in [-0.2, 0) is 9.47 Å². The molecule has 1 saturated heterocycles. The number of hydrogen-bond donors (Lipinski definition) is 2. The third kappa shape index (κ3) is 6.95. The molecule has 102 valence electrons. The van der Waals surface area contributed by atoms with Gasteiger partial charge in [0.15, 0.2) is 0 Å². The Hall–Kier alpha value is -0.200. The van der Waals surface area contributed by atoms with Crippen molar-refractivity contribution in [2.24, 2.45) is 0 Å². The number of rotatable bonds is 8. The molecule has 1 fully saturated rings. The Balaban J connectivity index is 2.02. The van der Waals surface area contributed by atoms with Gasteiger partial charge in [0.2, 0.25) is 0 Å². The van der Waals surface area contributed by atoms with Gasteiger partial charge in [-0.2, -0.15) is 0 Å². The van der Waals surface area contributed by atoms with E-state index >= 15 is 0 Å². The van der Waals surface area contributed by atoms with Gasteiger partial charge in [-0.25, -0.2) is 0 Å². The average Bonchev–Trinajstić information content (AvgIpc) is 2.34. The lowest BCUT2D eigenvalue weighted by Gasteiger charge is -2.28. The van der Waals surface area contributed by atoms with Crippen LogP contribution in [0.5, 0.6) is 0 Å². The van der Waals surface area contributed by atoms with Crippen molar-refractivity contribution in [2.75, 3.05) is 59.7 Å². The van der Waals surface area contributed by atoms with Gasteiger partial charge in [0.25, 0.3) is 0 Å². The standard InChI is InChI=1S/C12H26N2O3/c1-12(15,3-8-16-2)11-13-4-5-14-6-9-17-10-7-14/h13,15H,3-11H2,1-2H3. The van der Waals surface area contributed by atoms with E-state index in [2.05, 4.69) is 10.2 Å². The number of nitrogens with zero attached hydrogens (tertiary/aromatic N) is 1. The predicted molar refractivity (Wildman–Crippen MR) is 67.2 cm³/mol. The van der Waals surface area contributed by atoms with Crippen LogP contribution in [0.25, 0.3) is 0 Å². The molecule has 1 aliphatic heterocycles. The summed E-state index contributed by atoms with van der Waals surface area (Å²) in [5.74, 6) is 0. The van der Waals surface area contributed by atoms with Gasteiger partial charge in [0, 0.05) is 52.9 Å². The quantitative estimate of drug-likeness (QED) is 0.576. The molecule has 1 unspecified atom stereocenters. The van der Waals surface area contributed by atoms with E-state index in [-0.39, 0.29) is 0 Å². The van der Waals surface area contributed by atoms with Gasteiger partial charge in [0.05, 0.1) is 18.8 Å². The molecule has 5 nitrogen and oxygen atoms in total. The fraction of sp³-hybridized carbons (Fsp3) is 1.00. The van der Waals surface area contributed by atoms with Crippen LogP contribution in [0.3, 0.4) is 0 Å². The average molecular weight is 246 g/mol. The SMILES string of the molecule is COCCC(C)(O)CNCCN1CCOCC1. The zero-order valence-corrected chi connectivity index (χ0v) is 11.1. The molecule has 0 saturated carbocycles. The molecule has 0 radical (unpaired) electrons. The molecule has 1 rings (SSSR count). The largest absolute Gasteiger partial charge is 0.389 e. The fourth-order valence-corrected chi connectivity index (χ4v) is 1.83. The number of ether oxygens (including phenoxy) is 2. The first-order valence-electron chi connectivity index (χ1n) is 6.36. The molecule has 1 atom stereocenters. The molecular weight excluding hydrogens is 220 g/mol. The molecule has 0 bridgehead atoms. The lowest BCUT2D eigenvalue weighted by atomic mass is 10.0. The van der Waals surface area contributed by atoms with Crippen LogP contribution < -0.4 is 5.32 Å². The van der Waals surface area contributed by atoms with Gasteiger partial charge >= 0.3 is 0 Å². The first-order chi connectivity index (χ1) is 8.14. The van der Waals surface area contributed by atoms with Crippen molar-refractivity contribution < 1.29 is 14.6 Å². The third-order valence-electron chi connectivity index (χ3n) is 3.06. The minimum Gasteiger partial charge on any atom is -0.389 e. The molecule has 1 aliphatic rings. The fourth-order valence-electron chi connectivity index (χ4n) is 1.83. The second-order valence-corrected chi connectivity index (χ2v) is 4.87. The van der Waals surface area contributed by atoms with Gasteiger partial charge < -0.3 is 19.9 Å². The number of aliphatic hydroxyl groups is 1. The Bertz CT molecular complexity index is 194. The van der Waals surface area contributed by atoms with Crippen molar-refractivity contribution in [3.63, 3.8) is 0 Å². The monoisotopic (exact) mass is 246 g/mol. The molecule has 0 aliphatic carbocycles. The van der Waals surface area contributed by atoms with E-state index in [0.717, 1.165) is 39.4 Å². The maximum atomic E-state index is 10.0. The maximum Gasteiger partial charge on any atom is 0.0765 e. The summed E-state index contributed by atoms with van der Waals surface area (Å²) in [6.45, 7) is 8.68. The zero-order valence-electron chi connectivity index (χ0n) is 11.1. The maximum absolute atomic E-state index is 10.0. The van der Waals surface area contributed by atoms with Crippen LogP contribution in [-0.4, -0.2) is 75.3 Å². The molecule has 1 heterocycles. The van der Waals surface area contributed by atoms with Crippen LogP contribution in [0.1, 0.15) is 13.3 Å². The molecule has 2 N–H and O–H groups in total. The summed E-state index contributed by atoms with van der Waals surface area (Å²) in [6.07, 6.45) is 0.661. The van der Waals surface area contributed by atoms with E-state index in [0.29, 0.717) is 19.6 Å². The number of hydrogen-bond acceptors (Lipinski definition) is 5. The molecule has 0 aromatic heterocycles. The van der Waals surface area contributed by atoms with E-state index < -0.39 is 5.60 Å². The molecule has 0 aromatic rings. The van der Waals surface area contributed by atoms with Crippen molar-refractivity contribution in [1.82, 2.24) is 10.2 Å². The topological polar surface area (TPSA) is 54.0 Å². The van der Waals surface area contributed by atoms with Crippen LogP contribution in [0, 0.1) is 0 Å². The summed E-state index contributed by atoms with van der Waals surface area (Å²) in [5, 5.41) is 13.3. The summed E-state index contributed by atoms with van der Waals surface area (Å²) in [6, 6.07) is 0. The molecule has 17 heavy (non-hydrogen) atoms. The van der Waals surface area contributed by atoms with E-state index in [9.17, 15) is 5.11 Å². The van der Waals surface area contributed by atoms with Crippen LogP contribution >= 0.6 is 0 Å². The highest BCUT2D eigenvalue weighted by Gasteiger charge is 2.19. The van der Waals surface area contributed by atoms with Gasteiger partial charge in [-0.05, 0) is 6.92 Å². The zero-order chi connectivity index (χ0) is 12.6. The van der Waals surface area contributed by atoms with Crippen molar-refractivity contribution in [1.29, 1.82) is 0 Å². The van der Waals surface area contributed by atoms with Crippen LogP contribution in [0.2, 0.25) is 0 Å². The number of nitrogens with one attached hydrogen (secondary N) is 1. The Labute approximate surface area is 104 Å². The first-order valence-corrected chi connectivity index (χ1v) is 6.36. The summed E-state index contributed by atoms with van der Waals surface area (Å²) in [4.78, 5) is 2.38. The molecule has 0 amide bonds. The Morgan fingerprint density at radius 2 is 2.12 bits per heavy atom. The summed E-state index contributed by atoms with van der Waals surface area (Å²) >= 11 is 0. The van der Waals surface area contributed by atoms with Gasteiger partial charge in [-0.15, -0.1) is 0 Å². The van der Waals surface area contributed by atoms with Crippen LogP contribution in [0.4, 0.5) is 0 Å². The van der Waals surface area contributed by atoms with Gasteiger partial charge in [-0.3, -0.25) is 4.90 Å². The molecule has 0 aromatic carbocycles.